The summed E-state index contributed by atoms with van der Waals surface area (Å²) >= 11 is 2.18. The molecule has 0 radical (unpaired) electrons. The lowest BCUT2D eigenvalue weighted by Crippen LogP contribution is -2.04. The second kappa shape index (κ2) is 3.79. The van der Waals surface area contributed by atoms with Gasteiger partial charge < -0.3 is 10.5 Å². The van der Waals surface area contributed by atoms with Gasteiger partial charge in [0.15, 0.2) is 5.75 Å². The molecule has 1 aliphatic rings. The highest BCUT2D eigenvalue weighted by atomic mass is 127. The summed E-state index contributed by atoms with van der Waals surface area (Å²) in [5, 5.41) is 0. The molecule has 3 nitrogen and oxygen atoms in total. The third-order valence-corrected chi connectivity index (χ3v) is 2.67. The van der Waals surface area contributed by atoms with Gasteiger partial charge in [0.05, 0.1) is 11.8 Å². The van der Waals surface area contributed by atoms with Crippen LogP contribution in [0.2, 0.25) is 0 Å². The maximum Gasteiger partial charge on any atom is 0.151 e. The summed E-state index contributed by atoms with van der Waals surface area (Å²) < 4.78 is 6.55. The molecule has 2 rings (SSSR count). The molecule has 70 valence electrons. The fourth-order valence-electron chi connectivity index (χ4n) is 1.03. The second-order valence-electron chi connectivity index (χ2n) is 3.11. The average Bonchev–Trinajstić information content (AvgIpc) is 2.92. The SMILES string of the molecule is NCc1ccc(OC2CC2)c(I)n1. The predicted molar refractivity (Wildman–Crippen MR) is 58.5 cm³/mol. The van der Waals surface area contributed by atoms with Gasteiger partial charge in [-0.2, -0.15) is 0 Å². The highest BCUT2D eigenvalue weighted by molar-refractivity contribution is 14.1. The highest BCUT2D eigenvalue weighted by Crippen LogP contribution is 2.29. The van der Waals surface area contributed by atoms with Gasteiger partial charge in [0.2, 0.25) is 0 Å². The molecule has 1 fully saturated rings. The first-order valence-corrected chi connectivity index (χ1v) is 5.39. The van der Waals surface area contributed by atoms with Crippen molar-refractivity contribution in [1.29, 1.82) is 0 Å². The monoisotopic (exact) mass is 290 g/mol. The van der Waals surface area contributed by atoms with Crippen LogP contribution in [-0.2, 0) is 6.54 Å². The van der Waals surface area contributed by atoms with Crippen molar-refractivity contribution in [2.45, 2.75) is 25.5 Å². The minimum atomic E-state index is 0.430. The Morgan fingerprint density at radius 3 is 2.85 bits per heavy atom. The lowest BCUT2D eigenvalue weighted by atomic mass is 10.3. The molecule has 0 spiro atoms. The largest absolute Gasteiger partial charge is 0.488 e. The quantitative estimate of drug-likeness (QED) is 0.680. The van der Waals surface area contributed by atoms with E-state index in [4.69, 9.17) is 10.5 Å². The topological polar surface area (TPSA) is 48.1 Å². The van der Waals surface area contributed by atoms with Crippen LogP contribution >= 0.6 is 22.6 Å². The molecule has 0 unspecified atom stereocenters. The minimum Gasteiger partial charge on any atom is -0.488 e. The Morgan fingerprint density at radius 2 is 2.31 bits per heavy atom. The molecular formula is C9H11IN2O. The van der Waals surface area contributed by atoms with Crippen LogP contribution in [0.15, 0.2) is 12.1 Å². The number of ether oxygens (including phenoxy) is 1. The summed E-state index contributed by atoms with van der Waals surface area (Å²) in [7, 11) is 0. The molecule has 1 aromatic rings. The fraction of sp³-hybridized carbons (Fsp3) is 0.444. The Morgan fingerprint density at radius 1 is 1.54 bits per heavy atom. The summed E-state index contributed by atoms with van der Waals surface area (Å²) in [6.45, 7) is 0.486. The van der Waals surface area contributed by atoms with Crippen LogP contribution in [0.1, 0.15) is 18.5 Å². The molecule has 13 heavy (non-hydrogen) atoms. The molecule has 0 aliphatic heterocycles. The van der Waals surface area contributed by atoms with Crippen LogP contribution in [0.5, 0.6) is 5.75 Å². The van der Waals surface area contributed by atoms with Crippen LogP contribution in [0.4, 0.5) is 0 Å². The van der Waals surface area contributed by atoms with Gasteiger partial charge in [-0.3, -0.25) is 0 Å². The number of nitrogens with two attached hydrogens (primary N) is 1. The van der Waals surface area contributed by atoms with Gasteiger partial charge >= 0.3 is 0 Å². The fourth-order valence-corrected chi connectivity index (χ4v) is 1.64. The number of halogens is 1. The van der Waals surface area contributed by atoms with Crippen molar-refractivity contribution in [3.05, 3.63) is 21.5 Å². The minimum absolute atomic E-state index is 0.430. The van der Waals surface area contributed by atoms with E-state index < -0.39 is 0 Å². The van der Waals surface area contributed by atoms with E-state index in [-0.39, 0.29) is 0 Å². The molecule has 0 aromatic carbocycles. The smallest absolute Gasteiger partial charge is 0.151 e. The number of aromatic nitrogens is 1. The average molecular weight is 290 g/mol. The maximum atomic E-state index is 5.64. The van der Waals surface area contributed by atoms with Crippen molar-refractivity contribution < 1.29 is 4.74 Å². The van der Waals surface area contributed by atoms with Crippen LogP contribution in [0, 0.1) is 3.70 Å². The van der Waals surface area contributed by atoms with Crippen molar-refractivity contribution in [1.82, 2.24) is 4.98 Å². The zero-order chi connectivity index (χ0) is 9.26. The molecular weight excluding hydrogens is 279 g/mol. The number of pyridine rings is 1. The van der Waals surface area contributed by atoms with E-state index in [0.717, 1.165) is 15.1 Å². The predicted octanol–water partition coefficient (Wildman–Crippen LogP) is 1.69. The van der Waals surface area contributed by atoms with E-state index in [1.54, 1.807) is 0 Å². The third-order valence-electron chi connectivity index (χ3n) is 1.90. The van der Waals surface area contributed by atoms with Gasteiger partial charge in [-0.15, -0.1) is 0 Å². The van der Waals surface area contributed by atoms with Gasteiger partial charge in [0.25, 0.3) is 0 Å². The van der Waals surface area contributed by atoms with E-state index in [2.05, 4.69) is 27.6 Å². The zero-order valence-corrected chi connectivity index (χ0v) is 9.32. The van der Waals surface area contributed by atoms with Gasteiger partial charge in [-0.1, -0.05) is 0 Å². The maximum absolute atomic E-state index is 5.64. The Labute approximate surface area is 90.8 Å². The van der Waals surface area contributed by atoms with Crippen molar-refractivity contribution in [2.75, 3.05) is 0 Å². The van der Waals surface area contributed by atoms with Crippen molar-refractivity contribution in [3.8, 4) is 5.75 Å². The molecule has 0 saturated heterocycles. The van der Waals surface area contributed by atoms with Crippen molar-refractivity contribution in [3.63, 3.8) is 0 Å². The third kappa shape index (κ3) is 2.31. The lowest BCUT2D eigenvalue weighted by Gasteiger charge is -2.06. The van der Waals surface area contributed by atoms with Gasteiger partial charge in [0, 0.05) is 6.54 Å². The van der Waals surface area contributed by atoms with E-state index in [0.29, 0.717) is 12.6 Å². The van der Waals surface area contributed by atoms with Crippen LogP contribution in [-0.4, -0.2) is 11.1 Å². The van der Waals surface area contributed by atoms with Gasteiger partial charge in [0.1, 0.15) is 3.70 Å². The second-order valence-corrected chi connectivity index (χ2v) is 4.13. The van der Waals surface area contributed by atoms with E-state index in [1.165, 1.54) is 12.8 Å². The number of rotatable bonds is 3. The normalized spacial score (nSPS) is 15.8. The Balaban J connectivity index is 2.15. The molecule has 1 aromatic heterocycles. The number of nitrogens with zero attached hydrogens (tertiary/aromatic N) is 1. The van der Waals surface area contributed by atoms with Crippen LogP contribution in [0.3, 0.4) is 0 Å². The van der Waals surface area contributed by atoms with E-state index in [1.807, 2.05) is 12.1 Å². The number of hydrogen-bond acceptors (Lipinski definition) is 3. The lowest BCUT2D eigenvalue weighted by molar-refractivity contribution is 0.299. The highest BCUT2D eigenvalue weighted by Gasteiger charge is 2.24. The van der Waals surface area contributed by atoms with Crippen LogP contribution in [0.25, 0.3) is 0 Å². The summed E-state index contributed by atoms with van der Waals surface area (Å²) in [6, 6.07) is 3.87. The summed E-state index contributed by atoms with van der Waals surface area (Å²) in [5.74, 6) is 0.889. The molecule has 4 heteroatoms. The van der Waals surface area contributed by atoms with Crippen molar-refractivity contribution in [2.24, 2.45) is 5.73 Å². The Hall–Kier alpha value is -0.360. The summed E-state index contributed by atoms with van der Waals surface area (Å²) in [5.41, 5.74) is 6.39. The molecule has 0 bridgehead atoms. The number of hydrogen-bond donors (Lipinski definition) is 1. The molecule has 0 amide bonds. The Bertz CT molecular complexity index is 312. The van der Waals surface area contributed by atoms with Crippen LogP contribution < -0.4 is 10.5 Å². The molecule has 0 atom stereocenters. The van der Waals surface area contributed by atoms with Gasteiger partial charge in [-0.25, -0.2) is 4.98 Å². The van der Waals surface area contributed by atoms with Crippen molar-refractivity contribution >= 4 is 22.6 Å². The first kappa shape index (κ1) is 9.21. The molecule has 1 aliphatic carbocycles. The first-order chi connectivity index (χ1) is 6.29. The first-order valence-electron chi connectivity index (χ1n) is 4.32. The molecule has 2 N–H and O–H groups in total. The standard InChI is InChI=1S/C9H11IN2O/c10-9-8(13-7-2-3-7)4-1-6(5-11)12-9/h1,4,7H,2-3,5,11H2. The van der Waals surface area contributed by atoms with E-state index >= 15 is 0 Å². The summed E-state index contributed by atoms with van der Waals surface area (Å²) in [4.78, 5) is 4.31. The van der Waals surface area contributed by atoms with Gasteiger partial charge in [-0.05, 0) is 47.6 Å². The summed E-state index contributed by atoms with van der Waals surface area (Å²) in [6.07, 6.45) is 2.78. The molecule has 1 saturated carbocycles. The zero-order valence-electron chi connectivity index (χ0n) is 7.16. The Kier molecular flexibility index (Phi) is 2.69. The van der Waals surface area contributed by atoms with E-state index in [9.17, 15) is 0 Å². The molecule has 1 heterocycles.